The van der Waals surface area contributed by atoms with Crippen molar-refractivity contribution in [2.45, 2.75) is 26.4 Å². The molecule has 1 saturated heterocycles. The normalized spacial score (nSPS) is 16.3. The number of carbonyl (C=O) groups is 1. The number of hydrogen-bond donors (Lipinski definition) is 1. The van der Waals surface area contributed by atoms with E-state index in [1.807, 2.05) is 23.4 Å². The van der Waals surface area contributed by atoms with Crippen molar-refractivity contribution in [2.24, 2.45) is 0 Å². The first kappa shape index (κ1) is 15.9. The molecule has 0 spiro atoms. The number of urea groups is 1. The van der Waals surface area contributed by atoms with Gasteiger partial charge in [-0.05, 0) is 30.9 Å². The quantitative estimate of drug-likeness (QED) is 0.930. The zero-order valence-electron chi connectivity index (χ0n) is 13.3. The van der Waals surface area contributed by atoms with Crippen molar-refractivity contribution in [3.8, 4) is 0 Å². The van der Waals surface area contributed by atoms with E-state index in [0.29, 0.717) is 0 Å². The van der Waals surface area contributed by atoms with E-state index in [1.54, 1.807) is 6.20 Å². The number of nitrogens with zero attached hydrogens (tertiary/aromatic N) is 5. The third-order valence-electron chi connectivity index (χ3n) is 4.05. The summed E-state index contributed by atoms with van der Waals surface area (Å²) in [5.41, 5.74) is 0. The van der Waals surface area contributed by atoms with Gasteiger partial charge in [0.2, 0.25) is 0 Å². The molecule has 0 atom stereocenters. The van der Waals surface area contributed by atoms with Gasteiger partial charge in [0.15, 0.2) is 0 Å². The Morgan fingerprint density at radius 1 is 1.30 bits per heavy atom. The van der Waals surface area contributed by atoms with Gasteiger partial charge in [0.25, 0.3) is 0 Å². The Balaban J connectivity index is 1.53. The van der Waals surface area contributed by atoms with E-state index in [9.17, 15) is 4.79 Å². The molecule has 0 radical (unpaired) electrons. The van der Waals surface area contributed by atoms with Crippen LogP contribution >= 0.6 is 11.5 Å². The number of amides is 2. The molecule has 1 N–H and O–H groups in total. The molecular weight excluding hydrogens is 312 g/mol. The fraction of sp³-hybridized carbons (Fsp3) is 0.533. The monoisotopic (exact) mass is 334 g/mol. The highest BCUT2D eigenvalue weighted by molar-refractivity contribution is 7.10. The lowest BCUT2D eigenvalue weighted by molar-refractivity contribution is 0.210. The predicted molar refractivity (Wildman–Crippen MR) is 90.5 cm³/mol. The molecule has 124 valence electrons. The van der Waals surface area contributed by atoms with Crippen LogP contribution in [0, 0.1) is 0 Å². The molecule has 3 rings (SSSR count). The molecule has 8 heteroatoms. The van der Waals surface area contributed by atoms with Crippen LogP contribution in [0.3, 0.4) is 0 Å². The third kappa shape index (κ3) is 4.08. The topological polar surface area (TPSA) is 66.3 Å². The van der Waals surface area contributed by atoms with Gasteiger partial charge in [-0.2, -0.15) is 4.37 Å². The van der Waals surface area contributed by atoms with Crippen LogP contribution in [0.25, 0.3) is 0 Å². The lowest BCUT2D eigenvalue weighted by Gasteiger charge is -2.22. The summed E-state index contributed by atoms with van der Waals surface area (Å²) in [4.78, 5) is 21.0. The number of carbonyl (C=O) groups excluding carboxylic acids is 1. The highest BCUT2D eigenvalue weighted by atomic mass is 32.1. The van der Waals surface area contributed by atoms with E-state index >= 15 is 0 Å². The molecule has 0 bridgehead atoms. The van der Waals surface area contributed by atoms with Crippen molar-refractivity contribution in [1.29, 1.82) is 0 Å². The molecule has 0 saturated carbocycles. The summed E-state index contributed by atoms with van der Waals surface area (Å²) in [5, 5.41) is 3.70. The standard InChI is InChI=1S/C15H22N6OS/c1-2-20-9-6-16-13(20)12-19-7-3-8-21(11-10-19)15(22)18-14-4-5-17-23-14/h4-6,9H,2-3,7-8,10-12H2,1H3,(H,18,22). The molecule has 0 unspecified atom stereocenters. The van der Waals surface area contributed by atoms with E-state index in [0.717, 1.165) is 56.5 Å². The molecule has 1 fully saturated rings. The molecule has 0 aliphatic carbocycles. The summed E-state index contributed by atoms with van der Waals surface area (Å²) >= 11 is 1.30. The maximum Gasteiger partial charge on any atom is 0.322 e. The largest absolute Gasteiger partial charge is 0.334 e. The van der Waals surface area contributed by atoms with Crippen LogP contribution in [0.4, 0.5) is 9.80 Å². The summed E-state index contributed by atoms with van der Waals surface area (Å²) in [6, 6.07) is 1.78. The highest BCUT2D eigenvalue weighted by Crippen LogP contribution is 2.14. The van der Waals surface area contributed by atoms with Gasteiger partial charge in [-0.15, -0.1) is 0 Å². The summed E-state index contributed by atoms with van der Waals surface area (Å²) in [6.45, 7) is 7.27. The average Bonchev–Trinajstić information content (AvgIpc) is 3.15. The van der Waals surface area contributed by atoms with Crippen molar-refractivity contribution >= 4 is 22.6 Å². The van der Waals surface area contributed by atoms with Crippen LogP contribution in [-0.4, -0.2) is 55.9 Å². The number of aromatic nitrogens is 3. The number of hydrogen-bond acceptors (Lipinski definition) is 5. The SMILES string of the molecule is CCn1ccnc1CN1CCCN(C(=O)Nc2ccns2)CC1. The fourth-order valence-electron chi connectivity index (χ4n) is 2.78. The highest BCUT2D eigenvalue weighted by Gasteiger charge is 2.20. The number of rotatable bonds is 4. The summed E-state index contributed by atoms with van der Waals surface area (Å²) in [7, 11) is 0. The number of anilines is 1. The van der Waals surface area contributed by atoms with Gasteiger partial charge < -0.3 is 9.47 Å². The molecule has 3 heterocycles. The van der Waals surface area contributed by atoms with Crippen molar-refractivity contribution in [3.63, 3.8) is 0 Å². The van der Waals surface area contributed by atoms with Crippen LogP contribution < -0.4 is 5.32 Å². The lowest BCUT2D eigenvalue weighted by atomic mass is 10.4. The van der Waals surface area contributed by atoms with Crippen molar-refractivity contribution in [1.82, 2.24) is 23.7 Å². The molecule has 2 aromatic rings. The Labute approximate surface area is 140 Å². The molecule has 2 aromatic heterocycles. The Kier molecular flexibility index (Phi) is 5.24. The van der Waals surface area contributed by atoms with Crippen molar-refractivity contribution in [3.05, 3.63) is 30.5 Å². The molecule has 7 nitrogen and oxygen atoms in total. The van der Waals surface area contributed by atoms with Gasteiger partial charge >= 0.3 is 6.03 Å². The van der Waals surface area contributed by atoms with E-state index in [4.69, 9.17) is 0 Å². The Bertz CT molecular complexity index is 626. The molecule has 23 heavy (non-hydrogen) atoms. The first-order valence-electron chi connectivity index (χ1n) is 7.95. The Hall–Kier alpha value is -1.93. The second-order valence-electron chi connectivity index (χ2n) is 5.55. The van der Waals surface area contributed by atoms with Gasteiger partial charge in [-0.25, -0.2) is 9.78 Å². The van der Waals surface area contributed by atoms with Crippen LogP contribution in [0.2, 0.25) is 0 Å². The lowest BCUT2D eigenvalue weighted by Crippen LogP contribution is -2.38. The zero-order chi connectivity index (χ0) is 16.1. The maximum atomic E-state index is 12.3. The van der Waals surface area contributed by atoms with E-state index in [-0.39, 0.29) is 6.03 Å². The summed E-state index contributed by atoms with van der Waals surface area (Å²) < 4.78 is 6.17. The van der Waals surface area contributed by atoms with Gasteiger partial charge in [0, 0.05) is 51.3 Å². The van der Waals surface area contributed by atoms with Crippen LogP contribution in [0.1, 0.15) is 19.2 Å². The van der Waals surface area contributed by atoms with E-state index in [1.165, 1.54) is 11.5 Å². The Morgan fingerprint density at radius 3 is 3.00 bits per heavy atom. The molecule has 0 aromatic carbocycles. The average molecular weight is 334 g/mol. The predicted octanol–water partition coefficient (Wildman–Crippen LogP) is 2.10. The minimum absolute atomic E-state index is 0.0360. The van der Waals surface area contributed by atoms with Gasteiger partial charge in [-0.1, -0.05) is 0 Å². The fourth-order valence-corrected chi connectivity index (χ4v) is 3.27. The second kappa shape index (κ2) is 7.56. The summed E-state index contributed by atoms with van der Waals surface area (Å²) in [6.07, 6.45) is 6.54. The molecule has 1 aliphatic rings. The van der Waals surface area contributed by atoms with Crippen molar-refractivity contribution < 1.29 is 4.79 Å². The zero-order valence-corrected chi connectivity index (χ0v) is 14.1. The van der Waals surface area contributed by atoms with E-state index in [2.05, 4.69) is 31.1 Å². The second-order valence-corrected chi connectivity index (χ2v) is 6.39. The molecule has 1 aliphatic heterocycles. The summed E-state index contributed by atoms with van der Waals surface area (Å²) in [5.74, 6) is 1.09. The molecule has 2 amide bonds. The Morgan fingerprint density at radius 2 is 2.22 bits per heavy atom. The van der Waals surface area contributed by atoms with E-state index < -0.39 is 0 Å². The first-order valence-corrected chi connectivity index (χ1v) is 8.72. The van der Waals surface area contributed by atoms with Crippen LogP contribution in [0.15, 0.2) is 24.7 Å². The van der Waals surface area contributed by atoms with Crippen LogP contribution in [0.5, 0.6) is 0 Å². The minimum atomic E-state index is -0.0360. The van der Waals surface area contributed by atoms with Crippen molar-refractivity contribution in [2.75, 3.05) is 31.5 Å². The van der Waals surface area contributed by atoms with Gasteiger partial charge in [0.1, 0.15) is 10.8 Å². The maximum absolute atomic E-state index is 12.3. The minimum Gasteiger partial charge on any atom is -0.334 e. The van der Waals surface area contributed by atoms with Gasteiger partial charge in [0.05, 0.1) is 6.54 Å². The third-order valence-corrected chi connectivity index (χ3v) is 4.71. The molecular formula is C15H22N6OS. The number of imidazole rings is 1. The smallest absolute Gasteiger partial charge is 0.322 e. The number of aryl methyl sites for hydroxylation is 1. The van der Waals surface area contributed by atoms with Gasteiger partial charge in [-0.3, -0.25) is 10.2 Å². The first-order chi connectivity index (χ1) is 11.3. The number of nitrogens with one attached hydrogen (secondary N) is 1. The van der Waals surface area contributed by atoms with Crippen LogP contribution in [-0.2, 0) is 13.1 Å².